The molecule has 0 N–H and O–H groups in total. The molecule has 1 aromatic rings. The van der Waals surface area contributed by atoms with Crippen molar-refractivity contribution in [2.75, 3.05) is 26.2 Å². The molecule has 0 aromatic carbocycles. The second-order valence-corrected chi connectivity index (χ2v) is 7.23. The van der Waals surface area contributed by atoms with Crippen LogP contribution in [0, 0.1) is 0 Å². The molecule has 2 aliphatic rings. The van der Waals surface area contributed by atoms with Crippen molar-refractivity contribution in [3.63, 3.8) is 0 Å². The van der Waals surface area contributed by atoms with E-state index in [4.69, 9.17) is 11.6 Å². The van der Waals surface area contributed by atoms with Crippen LogP contribution in [0.25, 0.3) is 0 Å². The summed E-state index contributed by atoms with van der Waals surface area (Å²) < 4.78 is 26.5. The van der Waals surface area contributed by atoms with E-state index < -0.39 is 10.0 Å². The van der Waals surface area contributed by atoms with Gasteiger partial charge in [0, 0.05) is 38.4 Å². The van der Waals surface area contributed by atoms with Gasteiger partial charge in [-0.05, 0) is 25.0 Å². The van der Waals surface area contributed by atoms with Crippen LogP contribution in [0.5, 0.6) is 0 Å². The van der Waals surface area contributed by atoms with Crippen LogP contribution in [0.3, 0.4) is 0 Å². The molecule has 1 aromatic heterocycles. The van der Waals surface area contributed by atoms with E-state index in [9.17, 15) is 8.42 Å². The number of hydrogen-bond acceptors (Lipinski definition) is 4. The molecule has 104 valence electrons. The molecule has 1 aliphatic carbocycles. The largest absolute Gasteiger partial charge is 0.298 e. The SMILES string of the molecule is O=S(=O)(c1cccnc1Cl)N1CCN(C2CC2)CC1. The average Bonchev–Trinajstić information content (AvgIpc) is 3.23. The lowest BCUT2D eigenvalue weighted by Crippen LogP contribution is -2.49. The standard InChI is InChI=1S/C12H16ClN3O2S/c13-12-11(2-1-5-14-12)19(17,18)16-8-6-15(7-9-16)10-3-4-10/h1-2,5,10H,3-4,6-9H2. The van der Waals surface area contributed by atoms with E-state index in [1.54, 1.807) is 6.07 Å². The summed E-state index contributed by atoms with van der Waals surface area (Å²) in [5.74, 6) is 0. The summed E-state index contributed by atoms with van der Waals surface area (Å²) in [6.07, 6.45) is 3.99. The van der Waals surface area contributed by atoms with Gasteiger partial charge >= 0.3 is 0 Å². The Morgan fingerprint density at radius 1 is 1.21 bits per heavy atom. The Labute approximate surface area is 118 Å². The number of aromatic nitrogens is 1. The van der Waals surface area contributed by atoms with Crippen LogP contribution in [-0.4, -0.2) is 54.8 Å². The zero-order valence-corrected chi connectivity index (χ0v) is 12.1. The predicted molar refractivity (Wildman–Crippen MR) is 72.6 cm³/mol. The van der Waals surface area contributed by atoms with Gasteiger partial charge in [0.05, 0.1) is 0 Å². The van der Waals surface area contributed by atoms with E-state index in [1.165, 1.54) is 29.4 Å². The molecule has 7 heteroatoms. The molecule has 0 bridgehead atoms. The summed E-state index contributed by atoms with van der Waals surface area (Å²) in [6, 6.07) is 3.80. The summed E-state index contributed by atoms with van der Waals surface area (Å²) in [5.41, 5.74) is 0. The van der Waals surface area contributed by atoms with Crippen molar-refractivity contribution in [3.05, 3.63) is 23.5 Å². The minimum Gasteiger partial charge on any atom is -0.298 e. The fourth-order valence-electron chi connectivity index (χ4n) is 2.45. The number of piperazine rings is 1. The lowest BCUT2D eigenvalue weighted by atomic mass is 10.3. The van der Waals surface area contributed by atoms with E-state index in [0.717, 1.165) is 13.1 Å². The van der Waals surface area contributed by atoms with Gasteiger partial charge in [0.2, 0.25) is 10.0 Å². The maximum absolute atomic E-state index is 12.5. The summed E-state index contributed by atoms with van der Waals surface area (Å²) in [5, 5.41) is 0.0483. The van der Waals surface area contributed by atoms with Gasteiger partial charge in [-0.25, -0.2) is 13.4 Å². The monoisotopic (exact) mass is 301 g/mol. The second kappa shape index (κ2) is 5.01. The molecule has 0 atom stereocenters. The van der Waals surface area contributed by atoms with Crippen LogP contribution in [0.2, 0.25) is 5.15 Å². The number of halogens is 1. The minimum absolute atomic E-state index is 0.0483. The highest BCUT2D eigenvalue weighted by molar-refractivity contribution is 7.89. The summed E-state index contributed by atoms with van der Waals surface area (Å²) in [6.45, 7) is 2.68. The van der Waals surface area contributed by atoms with E-state index in [-0.39, 0.29) is 10.0 Å². The number of pyridine rings is 1. The second-order valence-electron chi connectivity index (χ2n) is 4.96. The van der Waals surface area contributed by atoms with Crippen LogP contribution in [0.15, 0.2) is 23.2 Å². The molecule has 1 saturated carbocycles. The first kappa shape index (κ1) is 13.3. The molecule has 1 saturated heterocycles. The Kier molecular flexibility index (Phi) is 3.51. The molecule has 1 aliphatic heterocycles. The van der Waals surface area contributed by atoms with Gasteiger partial charge in [-0.15, -0.1) is 0 Å². The third-order valence-electron chi connectivity index (χ3n) is 3.68. The molecule has 0 radical (unpaired) electrons. The molecule has 2 fully saturated rings. The van der Waals surface area contributed by atoms with Crippen molar-refractivity contribution in [2.24, 2.45) is 0 Å². The van der Waals surface area contributed by atoms with Crippen molar-refractivity contribution in [1.29, 1.82) is 0 Å². The zero-order valence-electron chi connectivity index (χ0n) is 10.5. The van der Waals surface area contributed by atoms with Crippen molar-refractivity contribution in [3.8, 4) is 0 Å². The highest BCUT2D eigenvalue weighted by Gasteiger charge is 2.35. The third kappa shape index (κ3) is 2.63. The Bertz CT molecular complexity index is 566. The molecule has 3 rings (SSSR count). The van der Waals surface area contributed by atoms with Crippen molar-refractivity contribution in [2.45, 2.75) is 23.8 Å². The van der Waals surface area contributed by atoms with E-state index in [1.807, 2.05) is 0 Å². The Hall–Kier alpha value is -0.690. The fraction of sp³-hybridized carbons (Fsp3) is 0.583. The topological polar surface area (TPSA) is 53.5 Å². The van der Waals surface area contributed by atoms with Crippen LogP contribution in [0.1, 0.15) is 12.8 Å². The summed E-state index contributed by atoms with van der Waals surface area (Å²) in [7, 11) is -3.51. The first-order valence-electron chi connectivity index (χ1n) is 6.44. The predicted octanol–water partition coefficient (Wildman–Crippen LogP) is 1.20. The molecule has 0 amide bonds. The van der Waals surface area contributed by atoms with Crippen molar-refractivity contribution in [1.82, 2.24) is 14.2 Å². The normalized spacial score (nSPS) is 22.6. The molecule has 0 spiro atoms. The number of sulfonamides is 1. The van der Waals surface area contributed by atoms with Gasteiger partial charge in [-0.3, -0.25) is 4.90 Å². The van der Waals surface area contributed by atoms with E-state index in [0.29, 0.717) is 19.1 Å². The smallest absolute Gasteiger partial charge is 0.246 e. The lowest BCUT2D eigenvalue weighted by Gasteiger charge is -2.34. The average molecular weight is 302 g/mol. The van der Waals surface area contributed by atoms with Crippen LogP contribution in [-0.2, 0) is 10.0 Å². The van der Waals surface area contributed by atoms with E-state index >= 15 is 0 Å². The van der Waals surface area contributed by atoms with Crippen molar-refractivity contribution < 1.29 is 8.42 Å². The van der Waals surface area contributed by atoms with Crippen LogP contribution >= 0.6 is 11.6 Å². The highest BCUT2D eigenvalue weighted by Crippen LogP contribution is 2.29. The quantitative estimate of drug-likeness (QED) is 0.787. The maximum Gasteiger partial charge on any atom is 0.246 e. The molecular formula is C12H16ClN3O2S. The highest BCUT2D eigenvalue weighted by atomic mass is 35.5. The third-order valence-corrected chi connectivity index (χ3v) is 6.02. The maximum atomic E-state index is 12.5. The minimum atomic E-state index is -3.51. The van der Waals surface area contributed by atoms with Gasteiger partial charge in [-0.1, -0.05) is 11.6 Å². The summed E-state index contributed by atoms with van der Waals surface area (Å²) >= 11 is 5.89. The van der Waals surface area contributed by atoms with Crippen molar-refractivity contribution >= 4 is 21.6 Å². The molecule has 5 nitrogen and oxygen atoms in total. The number of nitrogens with zero attached hydrogens (tertiary/aromatic N) is 3. The van der Waals surface area contributed by atoms with Gasteiger partial charge < -0.3 is 0 Å². The molecule has 19 heavy (non-hydrogen) atoms. The zero-order chi connectivity index (χ0) is 13.5. The number of rotatable bonds is 3. The van der Waals surface area contributed by atoms with Gasteiger partial charge in [-0.2, -0.15) is 4.31 Å². The number of hydrogen-bond donors (Lipinski definition) is 0. The first-order valence-corrected chi connectivity index (χ1v) is 8.25. The first-order chi connectivity index (χ1) is 9.09. The Morgan fingerprint density at radius 2 is 1.89 bits per heavy atom. The van der Waals surface area contributed by atoms with E-state index in [2.05, 4.69) is 9.88 Å². The van der Waals surface area contributed by atoms with Gasteiger partial charge in [0.15, 0.2) is 0 Å². The van der Waals surface area contributed by atoms with Gasteiger partial charge in [0.1, 0.15) is 10.0 Å². The van der Waals surface area contributed by atoms with Gasteiger partial charge in [0.25, 0.3) is 0 Å². The fourth-order valence-corrected chi connectivity index (χ4v) is 4.30. The Morgan fingerprint density at radius 3 is 2.47 bits per heavy atom. The summed E-state index contributed by atoms with van der Waals surface area (Å²) in [4.78, 5) is 6.32. The lowest BCUT2D eigenvalue weighted by molar-refractivity contribution is 0.180. The van der Waals surface area contributed by atoms with Crippen LogP contribution < -0.4 is 0 Å². The molecule has 0 unspecified atom stereocenters. The van der Waals surface area contributed by atoms with Crippen LogP contribution in [0.4, 0.5) is 0 Å². The molecular weight excluding hydrogens is 286 g/mol. The molecule has 2 heterocycles. The Balaban J connectivity index is 1.76.